The quantitative estimate of drug-likeness (QED) is 0.349. The Morgan fingerprint density at radius 2 is 1.69 bits per heavy atom. The normalized spacial score (nSPS) is 14.6. The molecular weight excluding hydrogens is 478 g/mol. The number of ether oxygens (including phenoxy) is 3. The molecule has 0 bridgehead atoms. The Morgan fingerprint density at radius 3 is 2.31 bits per heavy atom. The molecule has 0 atom stereocenters. The van der Waals surface area contributed by atoms with Crippen molar-refractivity contribution in [3.63, 3.8) is 0 Å². The molecule has 1 aliphatic heterocycles. The van der Waals surface area contributed by atoms with Crippen LogP contribution in [0.15, 0.2) is 47.4 Å². The van der Waals surface area contributed by atoms with Gasteiger partial charge in [0, 0.05) is 32.7 Å². The second kappa shape index (κ2) is 14.5. The summed E-state index contributed by atoms with van der Waals surface area (Å²) in [6, 6.07) is 12.8. The fourth-order valence-corrected chi connectivity index (χ4v) is 4.86. The van der Waals surface area contributed by atoms with Crippen molar-refractivity contribution in [2.45, 2.75) is 51.0 Å². The van der Waals surface area contributed by atoms with Gasteiger partial charge in [0.1, 0.15) is 10.6 Å². The first-order chi connectivity index (χ1) is 17.4. The predicted molar refractivity (Wildman–Crippen MR) is 143 cm³/mol. The molecule has 0 aromatic heterocycles. The zero-order chi connectivity index (χ0) is 25.8. The summed E-state index contributed by atoms with van der Waals surface area (Å²) in [5.41, 5.74) is 1.49. The number of unbranched alkanes of at least 4 members (excludes halogenated alkanes) is 2. The van der Waals surface area contributed by atoms with E-state index in [4.69, 9.17) is 19.3 Å². The van der Waals surface area contributed by atoms with E-state index in [0.29, 0.717) is 19.0 Å². The van der Waals surface area contributed by atoms with E-state index < -0.39 is 10.0 Å². The number of nitrogens with two attached hydrogens (primary N) is 1. The average Bonchev–Trinajstić information content (AvgIpc) is 2.88. The maximum absolute atomic E-state index is 12.8. The zero-order valence-corrected chi connectivity index (χ0v) is 22.5. The Morgan fingerprint density at radius 1 is 1.03 bits per heavy atom. The monoisotopic (exact) mass is 519 g/mol. The summed E-state index contributed by atoms with van der Waals surface area (Å²) >= 11 is 0. The van der Waals surface area contributed by atoms with Crippen LogP contribution in [-0.2, 0) is 26.1 Å². The lowest BCUT2D eigenvalue weighted by Crippen LogP contribution is -2.38. The van der Waals surface area contributed by atoms with Crippen LogP contribution >= 0.6 is 0 Å². The minimum Gasteiger partial charge on any atom is -0.454 e. The summed E-state index contributed by atoms with van der Waals surface area (Å²) in [7, 11) is -4.05. The molecule has 2 aromatic rings. The van der Waals surface area contributed by atoms with Gasteiger partial charge < -0.3 is 19.1 Å². The number of nitrogens with zero attached hydrogens (tertiary/aromatic N) is 2. The highest BCUT2D eigenvalue weighted by molar-refractivity contribution is 7.89. The summed E-state index contributed by atoms with van der Waals surface area (Å²) in [5, 5.41) is 5.72. The number of rotatable bonds is 15. The molecule has 0 aliphatic carbocycles. The Bertz CT molecular complexity index is 1020. The second-order valence-electron chi connectivity index (χ2n) is 9.10. The topological polar surface area (TPSA) is 94.3 Å². The van der Waals surface area contributed by atoms with Gasteiger partial charge in [-0.1, -0.05) is 44.9 Å². The summed E-state index contributed by atoms with van der Waals surface area (Å²) in [6.45, 7) is 10.8. The van der Waals surface area contributed by atoms with E-state index >= 15 is 0 Å². The van der Waals surface area contributed by atoms with Crippen LogP contribution in [0.3, 0.4) is 0 Å². The highest BCUT2D eigenvalue weighted by Crippen LogP contribution is 2.39. The van der Waals surface area contributed by atoms with Gasteiger partial charge in [0.15, 0.2) is 5.75 Å². The lowest BCUT2D eigenvalue weighted by Gasteiger charge is -2.29. The standard InChI is InChI=1S/C27H41N3O5S/c1-3-5-12-30(13-6-4-2)25-20-23(22-34-19-16-29-14-17-33-18-15-29)21-26(36(28,31)32)27(25)35-24-10-8-7-9-11-24/h7-11,20-21H,3-6,12-19,22H2,1-2H3,(H2,28,31,32). The van der Waals surface area contributed by atoms with Gasteiger partial charge in [-0.25, -0.2) is 13.6 Å². The lowest BCUT2D eigenvalue weighted by molar-refractivity contribution is 0.0180. The molecule has 1 fully saturated rings. The van der Waals surface area contributed by atoms with E-state index in [2.05, 4.69) is 23.6 Å². The van der Waals surface area contributed by atoms with E-state index in [1.165, 1.54) is 0 Å². The molecule has 2 aromatic carbocycles. The first-order valence-electron chi connectivity index (χ1n) is 13.0. The number of hydrogen-bond donors (Lipinski definition) is 1. The predicted octanol–water partition coefficient (Wildman–Crippen LogP) is 4.38. The van der Waals surface area contributed by atoms with Crippen LogP contribution in [0.25, 0.3) is 0 Å². The number of hydrogen-bond acceptors (Lipinski definition) is 7. The second-order valence-corrected chi connectivity index (χ2v) is 10.6. The first-order valence-corrected chi connectivity index (χ1v) is 14.5. The van der Waals surface area contributed by atoms with Crippen LogP contribution in [0, 0.1) is 0 Å². The van der Waals surface area contributed by atoms with E-state index in [0.717, 1.165) is 82.9 Å². The fraction of sp³-hybridized carbons (Fsp3) is 0.556. The van der Waals surface area contributed by atoms with Gasteiger partial charge in [0.25, 0.3) is 0 Å². The summed E-state index contributed by atoms with van der Waals surface area (Å²) in [6.07, 6.45) is 4.03. The first kappa shape index (κ1) is 28.4. The van der Waals surface area contributed by atoms with Gasteiger partial charge in [-0.3, -0.25) is 4.90 Å². The van der Waals surface area contributed by atoms with Crippen molar-refractivity contribution in [1.29, 1.82) is 0 Å². The molecule has 8 nitrogen and oxygen atoms in total. The third-order valence-electron chi connectivity index (χ3n) is 6.19. The van der Waals surface area contributed by atoms with Crippen LogP contribution in [0.2, 0.25) is 0 Å². The molecule has 3 rings (SSSR count). The van der Waals surface area contributed by atoms with Gasteiger partial charge in [0.2, 0.25) is 10.0 Å². The van der Waals surface area contributed by atoms with E-state index in [-0.39, 0.29) is 10.6 Å². The maximum atomic E-state index is 12.8. The molecule has 0 radical (unpaired) electrons. The minimum atomic E-state index is -4.05. The highest BCUT2D eigenvalue weighted by atomic mass is 32.2. The van der Waals surface area contributed by atoms with Gasteiger partial charge in [-0.2, -0.15) is 0 Å². The molecule has 0 saturated carbocycles. The third kappa shape index (κ3) is 8.74. The smallest absolute Gasteiger partial charge is 0.241 e. The van der Waals surface area contributed by atoms with Crippen LogP contribution in [-0.4, -0.2) is 65.9 Å². The van der Waals surface area contributed by atoms with Crippen molar-refractivity contribution in [1.82, 2.24) is 4.90 Å². The van der Waals surface area contributed by atoms with Gasteiger partial charge in [-0.15, -0.1) is 0 Å². The molecule has 9 heteroatoms. The van der Waals surface area contributed by atoms with E-state index in [9.17, 15) is 8.42 Å². The average molecular weight is 520 g/mol. The molecule has 0 amide bonds. The van der Waals surface area contributed by atoms with Crippen molar-refractivity contribution in [3.8, 4) is 11.5 Å². The summed E-state index contributed by atoms with van der Waals surface area (Å²) in [4.78, 5) is 4.50. The summed E-state index contributed by atoms with van der Waals surface area (Å²) in [5.74, 6) is 0.831. The molecule has 0 spiro atoms. The van der Waals surface area contributed by atoms with Crippen LogP contribution < -0.4 is 14.8 Å². The molecule has 200 valence electrons. The largest absolute Gasteiger partial charge is 0.454 e. The fourth-order valence-electron chi connectivity index (χ4n) is 4.14. The van der Waals surface area contributed by atoms with Crippen molar-refractivity contribution in [2.24, 2.45) is 5.14 Å². The molecular formula is C27H41N3O5S. The molecule has 36 heavy (non-hydrogen) atoms. The molecule has 1 aliphatic rings. The Hall–Kier alpha value is -2.17. The van der Waals surface area contributed by atoms with Crippen LogP contribution in [0.1, 0.15) is 45.1 Å². The Balaban J connectivity index is 1.92. The van der Waals surface area contributed by atoms with Crippen molar-refractivity contribution < 1.29 is 22.6 Å². The zero-order valence-electron chi connectivity index (χ0n) is 21.7. The van der Waals surface area contributed by atoms with Gasteiger partial charge in [-0.05, 0) is 42.7 Å². The minimum absolute atomic E-state index is 0.0198. The van der Waals surface area contributed by atoms with Crippen molar-refractivity contribution in [2.75, 3.05) is 57.4 Å². The SMILES string of the molecule is CCCCN(CCCC)c1cc(COCCN2CCOCC2)cc(S(N)(=O)=O)c1Oc1ccccc1. The molecule has 1 heterocycles. The number of para-hydroxylation sites is 1. The van der Waals surface area contributed by atoms with Crippen LogP contribution in [0.4, 0.5) is 5.69 Å². The maximum Gasteiger partial charge on any atom is 0.241 e. The van der Waals surface area contributed by atoms with Crippen molar-refractivity contribution >= 4 is 15.7 Å². The van der Waals surface area contributed by atoms with Crippen molar-refractivity contribution in [3.05, 3.63) is 48.0 Å². The summed E-state index contributed by atoms with van der Waals surface area (Å²) < 4.78 is 43.1. The van der Waals surface area contributed by atoms with E-state index in [1.807, 2.05) is 36.4 Å². The van der Waals surface area contributed by atoms with E-state index in [1.54, 1.807) is 6.07 Å². The molecule has 2 N–H and O–H groups in total. The number of morpholine rings is 1. The Kier molecular flexibility index (Phi) is 11.5. The number of anilines is 1. The van der Waals surface area contributed by atoms with Crippen LogP contribution in [0.5, 0.6) is 11.5 Å². The highest BCUT2D eigenvalue weighted by Gasteiger charge is 2.24. The lowest BCUT2D eigenvalue weighted by atomic mass is 10.1. The molecule has 0 unspecified atom stereocenters. The number of benzene rings is 2. The Labute approximate surface area is 216 Å². The molecule has 1 saturated heterocycles. The number of sulfonamides is 1. The van der Waals surface area contributed by atoms with Gasteiger partial charge in [0.05, 0.1) is 32.1 Å². The third-order valence-corrected chi connectivity index (χ3v) is 7.11. The van der Waals surface area contributed by atoms with Gasteiger partial charge >= 0.3 is 0 Å². The number of primary sulfonamides is 1.